The Morgan fingerprint density at radius 2 is 1.97 bits per heavy atom. The Balaban J connectivity index is 1.41. The summed E-state index contributed by atoms with van der Waals surface area (Å²) in [6.07, 6.45) is 1.36. The monoisotopic (exact) mass is 422 g/mol. The second kappa shape index (κ2) is 8.96. The Bertz CT molecular complexity index is 1010. The average Bonchev–Trinajstić information content (AvgIpc) is 2.95. The molecule has 0 saturated carbocycles. The van der Waals surface area contributed by atoms with E-state index in [1.165, 1.54) is 4.90 Å². The smallest absolute Gasteiger partial charge is 0.231 e. The molecule has 0 radical (unpaired) electrons. The number of ether oxygens (including phenoxy) is 1. The first-order valence-electron chi connectivity index (χ1n) is 10.2. The number of carbonyl (C=O) groups is 1. The Hall–Kier alpha value is -2.73. The third-order valence-corrected chi connectivity index (χ3v) is 6.62. The molecule has 1 aromatic heterocycles. The first kappa shape index (κ1) is 20.5. The molecule has 1 amide bonds. The number of carbonyl (C=O) groups excluding carboxylic acids is 1. The van der Waals surface area contributed by atoms with Crippen molar-refractivity contribution in [2.45, 2.75) is 50.4 Å². The molecule has 2 heterocycles. The molecule has 0 bridgehead atoms. The molecule has 0 aliphatic carbocycles. The zero-order chi connectivity index (χ0) is 21.1. The summed E-state index contributed by atoms with van der Waals surface area (Å²) in [7, 11) is 0. The summed E-state index contributed by atoms with van der Waals surface area (Å²) < 4.78 is 11.0. The molecule has 5 nitrogen and oxygen atoms in total. The molecule has 0 N–H and O–H groups in total. The molecule has 3 aromatic rings. The minimum Gasteiger partial charge on any atom is -0.489 e. The highest BCUT2D eigenvalue weighted by atomic mass is 32.2. The van der Waals surface area contributed by atoms with Crippen LogP contribution in [-0.2, 0) is 17.8 Å². The number of aryl methyl sites for hydroxylation is 2. The van der Waals surface area contributed by atoms with Gasteiger partial charge in [-0.3, -0.25) is 4.79 Å². The lowest BCUT2D eigenvalue weighted by molar-refractivity contribution is -0.118. The number of amides is 1. The van der Waals surface area contributed by atoms with Gasteiger partial charge in [0.25, 0.3) is 0 Å². The van der Waals surface area contributed by atoms with Crippen LogP contribution in [0.1, 0.15) is 35.9 Å². The molecule has 0 spiro atoms. The van der Waals surface area contributed by atoms with Gasteiger partial charge >= 0.3 is 0 Å². The number of rotatable bonds is 5. The number of anilines is 1. The van der Waals surface area contributed by atoms with Crippen molar-refractivity contribution in [3.63, 3.8) is 0 Å². The van der Waals surface area contributed by atoms with Gasteiger partial charge in [-0.05, 0) is 50.1 Å². The SMILES string of the molecule is Cc1noc(C)c1COc1ccc(CC(=O)N2CC[C@H](C)Sc3ccccc32)cc1. The van der Waals surface area contributed by atoms with Gasteiger partial charge < -0.3 is 14.2 Å². The van der Waals surface area contributed by atoms with Crippen molar-refractivity contribution < 1.29 is 14.1 Å². The van der Waals surface area contributed by atoms with Crippen molar-refractivity contribution in [3.8, 4) is 5.75 Å². The van der Waals surface area contributed by atoms with Crippen LogP contribution in [0.25, 0.3) is 0 Å². The van der Waals surface area contributed by atoms with E-state index in [1.54, 1.807) is 0 Å². The Morgan fingerprint density at radius 1 is 1.20 bits per heavy atom. The number of benzene rings is 2. The second-order valence-corrected chi connectivity index (χ2v) is 9.12. The van der Waals surface area contributed by atoms with Gasteiger partial charge in [-0.2, -0.15) is 0 Å². The molecule has 0 fully saturated rings. The lowest BCUT2D eigenvalue weighted by Gasteiger charge is -2.22. The maximum Gasteiger partial charge on any atom is 0.231 e. The predicted molar refractivity (Wildman–Crippen MR) is 119 cm³/mol. The lowest BCUT2D eigenvalue weighted by atomic mass is 10.1. The third-order valence-electron chi connectivity index (χ3n) is 5.39. The van der Waals surface area contributed by atoms with Crippen molar-refractivity contribution >= 4 is 23.4 Å². The number of nitrogens with zero attached hydrogens (tertiary/aromatic N) is 2. The molecule has 1 atom stereocenters. The highest BCUT2D eigenvalue weighted by Crippen LogP contribution is 2.37. The van der Waals surface area contributed by atoms with Gasteiger partial charge in [-0.1, -0.05) is 36.3 Å². The van der Waals surface area contributed by atoms with E-state index in [0.717, 1.165) is 47.0 Å². The number of hydrogen-bond acceptors (Lipinski definition) is 5. The van der Waals surface area contributed by atoms with E-state index < -0.39 is 0 Å². The van der Waals surface area contributed by atoms with Gasteiger partial charge in [0.15, 0.2) is 0 Å². The van der Waals surface area contributed by atoms with Gasteiger partial charge in [0.2, 0.25) is 5.91 Å². The van der Waals surface area contributed by atoms with Crippen LogP contribution in [0.4, 0.5) is 5.69 Å². The lowest BCUT2D eigenvalue weighted by Crippen LogP contribution is -2.33. The number of fused-ring (bicyclic) bond motifs is 1. The van der Waals surface area contributed by atoms with Crippen LogP contribution in [0.2, 0.25) is 0 Å². The fourth-order valence-electron chi connectivity index (χ4n) is 3.58. The maximum atomic E-state index is 13.1. The van der Waals surface area contributed by atoms with Gasteiger partial charge in [0.1, 0.15) is 18.1 Å². The number of hydrogen-bond donors (Lipinski definition) is 0. The summed E-state index contributed by atoms with van der Waals surface area (Å²) >= 11 is 1.85. The fourth-order valence-corrected chi connectivity index (χ4v) is 4.70. The van der Waals surface area contributed by atoms with Crippen molar-refractivity contribution in [2.24, 2.45) is 0 Å². The molecule has 156 valence electrons. The normalized spacial score (nSPS) is 16.1. The molecule has 1 aliphatic rings. The first-order valence-corrected chi connectivity index (χ1v) is 11.1. The first-order chi connectivity index (χ1) is 14.5. The van der Waals surface area contributed by atoms with Gasteiger partial charge in [0, 0.05) is 16.7 Å². The van der Waals surface area contributed by atoms with Gasteiger partial charge in [-0.15, -0.1) is 11.8 Å². The zero-order valence-electron chi connectivity index (χ0n) is 17.6. The highest BCUT2D eigenvalue weighted by Gasteiger charge is 2.24. The quantitative estimate of drug-likeness (QED) is 0.556. The van der Waals surface area contributed by atoms with Crippen molar-refractivity contribution in [2.75, 3.05) is 11.4 Å². The van der Waals surface area contributed by atoms with Crippen LogP contribution in [0.3, 0.4) is 0 Å². The van der Waals surface area contributed by atoms with Crippen LogP contribution in [0.5, 0.6) is 5.75 Å². The molecule has 2 aromatic carbocycles. The largest absolute Gasteiger partial charge is 0.489 e. The van der Waals surface area contributed by atoms with Gasteiger partial charge in [-0.25, -0.2) is 0 Å². The summed E-state index contributed by atoms with van der Waals surface area (Å²) in [6.45, 7) is 7.18. The summed E-state index contributed by atoms with van der Waals surface area (Å²) in [5.41, 5.74) is 3.82. The van der Waals surface area contributed by atoms with E-state index >= 15 is 0 Å². The molecule has 6 heteroatoms. The van der Waals surface area contributed by atoms with E-state index in [1.807, 2.05) is 73.0 Å². The second-order valence-electron chi connectivity index (χ2n) is 7.64. The average molecular weight is 423 g/mol. The fraction of sp³-hybridized carbons (Fsp3) is 0.333. The summed E-state index contributed by atoms with van der Waals surface area (Å²) in [5, 5.41) is 4.45. The highest BCUT2D eigenvalue weighted by molar-refractivity contribution is 8.00. The number of thioether (sulfide) groups is 1. The minimum absolute atomic E-state index is 0.126. The molecule has 0 saturated heterocycles. The Labute approximate surface area is 181 Å². The summed E-state index contributed by atoms with van der Waals surface area (Å²) in [6, 6.07) is 15.9. The molecule has 1 aliphatic heterocycles. The maximum absolute atomic E-state index is 13.1. The van der Waals surface area contributed by atoms with Crippen LogP contribution < -0.4 is 9.64 Å². The topological polar surface area (TPSA) is 55.6 Å². The third kappa shape index (κ3) is 4.54. The van der Waals surface area contributed by atoms with Gasteiger partial charge in [0.05, 0.1) is 23.4 Å². The number of para-hydroxylation sites is 1. The minimum atomic E-state index is 0.126. The molecule has 4 rings (SSSR count). The molecular formula is C24H26N2O3S. The Kier molecular flexibility index (Phi) is 6.13. The van der Waals surface area contributed by atoms with Crippen LogP contribution in [-0.4, -0.2) is 22.9 Å². The van der Waals surface area contributed by atoms with Crippen molar-refractivity contribution in [3.05, 3.63) is 71.1 Å². The van der Waals surface area contributed by atoms with Crippen molar-refractivity contribution in [1.82, 2.24) is 5.16 Å². The van der Waals surface area contributed by atoms with E-state index in [4.69, 9.17) is 9.26 Å². The Morgan fingerprint density at radius 3 is 2.70 bits per heavy atom. The summed E-state index contributed by atoms with van der Waals surface area (Å²) in [5.74, 6) is 1.66. The molecule has 0 unspecified atom stereocenters. The standard InChI is InChI=1S/C24H26N2O3S/c1-16-12-13-26(22-6-4-5-7-23(22)30-16)24(27)14-19-8-10-20(11-9-19)28-15-21-17(2)25-29-18(21)3/h4-11,16H,12-15H2,1-3H3/t16-/m0/s1. The van der Waals surface area contributed by atoms with E-state index in [0.29, 0.717) is 18.3 Å². The van der Waals surface area contributed by atoms with Crippen molar-refractivity contribution in [1.29, 1.82) is 0 Å². The predicted octanol–water partition coefficient (Wildman–Crippen LogP) is 5.33. The summed E-state index contributed by atoms with van der Waals surface area (Å²) in [4.78, 5) is 16.2. The zero-order valence-corrected chi connectivity index (χ0v) is 18.4. The van der Waals surface area contributed by atoms with E-state index in [2.05, 4.69) is 18.1 Å². The van der Waals surface area contributed by atoms with Crippen LogP contribution in [0, 0.1) is 13.8 Å². The number of aromatic nitrogens is 1. The molecular weight excluding hydrogens is 396 g/mol. The van der Waals surface area contributed by atoms with Crippen LogP contribution >= 0.6 is 11.8 Å². The molecule has 30 heavy (non-hydrogen) atoms. The van der Waals surface area contributed by atoms with Crippen LogP contribution in [0.15, 0.2) is 57.9 Å². The van der Waals surface area contributed by atoms with E-state index in [-0.39, 0.29) is 5.91 Å². The van der Waals surface area contributed by atoms with E-state index in [9.17, 15) is 4.79 Å².